The Balaban J connectivity index is 1.76. The van der Waals surface area contributed by atoms with Gasteiger partial charge in [0.15, 0.2) is 5.65 Å². The van der Waals surface area contributed by atoms with Gasteiger partial charge in [0.25, 0.3) is 0 Å². The van der Waals surface area contributed by atoms with E-state index in [9.17, 15) is 9.90 Å². The van der Waals surface area contributed by atoms with Crippen molar-refractivity contribution in [3.05, 3.63) is 67.1 Å². The average molecular weight is 403 g/mol. The van der Waals surface area contributed by atoms with Crippen molar-refractivity contribution >= 4 is 22.8 Å². The van der Waals surface area contributed by atoms with Gasteiger partial charge in [-0.1, -0.05) is 30.3 Å². The lowest BCUT2D eigenvalue weighted by Crippen LogP contribution is -2.40. The fourth-order valence-corrected chi connectivity index (χ4v) is 3.31. The fraction of sp³-hybridized carbons (Fsp3) is 0.136. The largest absolute Gasteiger partial charge is 0.457 e. The number of aliphatic hydroxyl groups excluding tert-OH is 1. The molecule has 3 N–H and O–H groups in total. The van der Waals surface area contributed by atoms with Crippen molar-refractivity contribution < 1.29 is 14.6 Å². The van der Waals surface area contributed by atoms with Gasteiger partial charge in [0.05, 0.1) is 18.5 Å². The summed E-state index contributed by atoms with van der Waals surface area (Å²) in [5.74, 6) is 1.53. The highest BCUT2D eigenvalue weighted by Crippen LogP contribution is 2.34. The Hall–Kier alpha value is -3.91. The van der Waals surface area contributed by atoms with Gasteiger partial charge in [0.1, 0.15) is 23.6 Å². The number of hydrogen-bond acceptors (Lipinski definition) is 6. The van der Waals surface area contributed by atoms with Crippen LogP contribution in [0.15, 0.2) is 67.1 Å². The highest BCUT2D eigenvalue weighted by molar-refractivity contribution is 6.01. The predicted molar refractivity (Wildman–Crippen MR) is 115 cm³/mol. The summed E-state index contributed by atoms with van der Waals surface area (Å²) in [6, 6.07) is 17.1. The first-order valence-corrected chi connectivity index (χ1v) is 9.42. The van der Waals surface area contributed by atoms with E-state index >= 15 is 0 Å². The van der Waals surface area contributed by atoms with Crippen molar-refractivity contribution in [3.63, 3.8) is 0 Å². The first-order valence-electron chi connectivity index (χ1n) is 9.42. The van der Waals surface area contributed by atoms with Crippen LogP contribution in [0.1, 0.15) is 6.92 Å². The molecule has 0 aliphatic heterocycles. The molecule has 152 valence electrons. The van der Waals surface area contributed by atoms with Gasteiger partial charge in [-0.05, 0) is 29.8 Å². The average Bonchev–Trinajstić information content (AvgIpc) is 3.14. The normalized spacial score (nSPS) is 10.9. The Bertz CT molecular complexity index is 1170. The first-order chi connectivity index (χ1) is 14.6. The molecule has 30 heavy (non-hydrogen) atoms. The van der Waals surface area contributed by atoms with Crippen molar-refractivity contribution in [2.24, 2.45) is 0 Å². The van der Waals surface area contributed by atoms with Crippen LogP contribution >= 0.6 is 0 Å². The van der Waals surface area contributed by atoms with Gasteiger partial charge in [0.2, 0.25) is 5.91 Å². The summed E-state index contributed by atoms with van der Waals surface area (Å²) in [6.45, 7) is 1.38. The minimum Gasteiger partial charge on any atom is -0.457 e. The van der Waals surface area contributed by atoms with Crippen LogP contribution in [0.5, 0.6) is 11.5 Å². The van der Waals surface area contributed by atoms with Gasteiger partial charge in [0, 0.05) is 18.7 Å². The van der Waals surface area contributed by atoms with Gasteiger partial charge >= 0.3 is 0 Å². The second-order valence-electron chi connectivity index (χ2n) is 6.65. The Morgan fingerprint density at radius 1 is 1.10 bits per heavy atom. The maximum absolute atomic E-state index is 12.1. The summed E-state index contributed by atoms with van der Waals surface area (Å²) in [5, 5.41) is 11.4. The third-order valence-corrected chi connectivity index (χ3v) is 4.67. The van der Waals surface area contributed by atoms with E-state index in [2.05, 4.69) is 9.97 Å². The van der Waals surface area contributed by atoms with Crippen LogP contribution in [0.25, 0.3) is 22.2 Å². The molecule has 0 saturated carbocycles. The maximum atomic E-state index is 12.1. The number of ether oxygens (including phenoxy) is 1. The number of benzene rings is 2. The number of anilines is 1. The van der Waals surface area contributed by atoms with E-state index in [-0.39, 0.29) is 19.1 Å². The Kier molecular flexibility index (Phi) is 5.32. The molecule has 0 radical (unpaired) electrons. The van der Waals surface area contributed by atoms with Crippen molar-refractivity contribution in [2.75, 3.05) is 23.9 Å². The molecular formula is C22H21N5O3. The molecule has 2 heterocycles. The lowest BCUT2D eigenvalue weighted by Gasteiger charge is -2.21. The topological polar surface area (TPSA) is 106 Å². The molecule has 8 nitrogen and oxygen atoms in total. The fourth-order valence-electron chi connectivity index (χ4n) is 3.31. The summed E-state index contributed by atoms with van der Waals surface area (Å²) < 4.78 is 7.46. The molecule has 0 saturated heterocycles. The summed E-state index contributed by atoms with van der Waals surface area (Å²) in [7, 11) is 0. The first kappa shape index (κ1) is 19.4. The number of amides is 1. The third-order valence-electron chi connectivity index (χ3n) is 4.67. The highest BCUT2D eigenvalue weighted by atomic mass is 16.5. The van der Waals surface area contributed by atoms with Crippen molar-refractivity contribution in [1.29, 1.82) is 0 Å². The molecule has 4 aromatic rings. The zero-order chi connectivity index (χ0) is 21.1. The molecule has 0 aliphatic carbocycles. The molecule has 2 aromatic heterocycles. The van der Waals surface area contributed by atoms with Gasteiger partial charge in [-0.3, -0.25) is 4.79 Å². The summed E-state index contributed by atoms with van der Waals surface area (Å²) in [5.41, 5.74) is 8.28. The zero-order valence-electron chi connectivity index (χ0n) is 16.4. The number of nitrogens with two attached hydrogens (primary N) is 1. The molecule has 0 unspecified atom stereocenters. The van der Waals surface area contributed by atoms with E-state index in [0.717, 1.165) is 16.9 Å². The van der Waals surface area contributed by atoms with E-state index in [1.54, 1.807) is 10.9 Å². The molecule has 0 aliphatic rings. The van der Waals surface area contributed by atoms with Crippen molar-refractivity contribution in [1.82, 2.24) is 14.6 Å². The molecule has 8 heteroatoms. The van der Waals surface area contributed by atoms with Gasteiger partial charge < -0.3 is 15.6 Å². The summed E-state index contributed by atoms with van der Waals surface area (Å²) in [4.78, 5) is 20.6. The van der Waals surface area contributed by atoms with Gasteiger partial charge in [-0.2, -0.15) is 0 Å². The number of carbonyl (C=O) groups is 1. The predicted octanol–water partition coefficient (Wildman–Crippen LogP) is 2.95. The Morgan fingerprint density at radius 2 is 1.80 bits per heavy atom. The third kappa shape index (κ3) is 3.68. The molecule has 0 atom stereocenters. The highest BCUT2D eigenvalue weighted by Gasteiger charge is 2.20. The lowest BCUT2D eigenvalue weighted by molar-refractivity contribution is -0.118. The number of hydrogen-bond donors (Lipinski definition) is 2. The van der Waals surface area contributed by atoms with E-state index < -0.39 is 0 Å². The van der Waals surface area contributed by atoms with Gasteiger partial charge in [-0.15, -0.1) is 0 Å². The standard InChI is InChI=1S/C22H21N5O3/c1-15(29)26(11-12-28)27-13-19(20-21(23)24-14-25-22(20)27)16-7-9-18(10-8-16)30-17-5-3-2-4-6-17/h2-10,13-14,28H,11-12H2,1H3,(H2,23,24,25). The van der Waals surface area contributed by atoms with Crippen LogP contribution in [0.4, 0.5) is 5.82 Å². The van der Waals surface area contributed by atoms with Crippen LogP contribution in [0, 0.1) is 0 Å². The molecule has 1 amide bonds. The number of carbonyl (C=O) groups excluding carboxylic acids is 1. The van der Waals surface area contributed by atoms with E-state index in [1.165, 1.54) is 18.3 Å². The van der Waals surface area contributed by atoms with Gasteiger partial charge in [-0.25, -0.2) is 19.7 Å². The number of nitrogen functional groups attached to an aromatic ring is 1. The van der Waals surface area contributed by atoms with Crippen LogP contribution in [0.2, 0.25) is 0 Å². The monoisotopic (exact) mass is 403 g/mol. The second kappa shape index (κ2) is 8.22. The summed E-state index contributed by atoms with van der Waals surface area (Å²) >= 11 is 0. The van der Waals surface area contributed by atoms with E-state index in [1.807, 2.05) is 54.6 Å². The quantitative estimate of drug-likeness (QED) is 0.513. The Labute approximate surface area is 173 Å². The van der Waals surface area contributed by atoms with Crippen LogP contribution in [0.3, 0.4) is 0 Å². The van der Waals surface area contributed by atoms with E-state index in [4.69, 9.17) is 10.5 Å². The van der Waals surface area contributed by atoms with Crippen LogP contribution in [-0.2, 0) is 4.79 Å². The number of fused-ring (bicyclic) bond motifs is 1. The molecule has 2 aromatic carbocycles. The Morgan fingerprint density at radius 3 is 2.47 bits per heavy atom. The van der Waals surface area contributed by atoms with Crippen LogP contribution < -0.4 is 15.5 Å². The second-order valence-corrected chi connectivity index (χ2v) is 6.65. The maximum Gasteiger partial charge on any atom is 0.238 e. The van der Waals surface area contributed by atoms with E-state index in [0.29, 0.717) is 22.6 Å². The van der Waals surface area contributed by atoms with Crippen LogP contribution in [-0.4, -0.2) is 38.8 Å². The zero-order valence-corrected chi connectivity index (χ0v) is 16.4. The molecule has 0 bridgehead atoms. The number of aliphatic hydroxyl groups is 1. The molecular weight excluding hydrogens is 382 g/mol. The smallest absolute Gasteiger partial charge is 0.238 e. The lowest BCUT2D eigenvalue weighted by atomic mass is 10.1. The minimum atomic E-state index is -0.226. The van der Waals surface area contributed by atoms with Crippen molar-refractivity contribution in [3.8, 4) is 22.6 Å². The number of para-hydroxylation sites is 1. The number of rotatable bonds is 6. The number of nitrogens with zero attached hydrogens (tertiary/aromatic N) is 4. The minimum absolute atomic E-state index is 0.131. The molecule has 4 rings (SSSR count). The SMILES string of the molecule is CC(=O)N(CCO)n1cc(-c2ccc(Oc3ccccc3)cc2)c2c(N)ncnc21. The number of aromatic nitrogens is 3. The summed E-state index contributed by atoms with van der Waals surface area (Å²) in [6.07, 6.45) is 3.13. The van der Waals surface area contributed by atoms with Crippen molar-refractivity contribution in [2.45, 2.75) is 6.92 Å². The molecule has 0 fully saturated rings. The molecule has 0 spiro atoms.